The van der Waals surface area contributed by atoms with E-state index in [0.29, 0.717) is 6.54 Å². The van der Waals surface area contributed by atoms with Crippen LogP contribution in [0.15, 0.2) is 36.5 Å². The van der Waals surface area contributed by atoms with Crippen molar-refractivity contribution in [3.05, 3.63) is 36.5 Å². The summed E-state index contributed by atoms with van der Waals surface area (Å²) < 4.78 is 0. The third-order valence-electron chi connectivity index (χ3n) is 1.00. The highest BCUT2D eigenvalue weighted by Gasteiger charge is 1.79. The van der Waals surface area contributed by atoms with Crippen LogP contribution in [0.2, 0.25) is 0 Å². The van der Waals surface area contributed by atoms with Crippen molar-refractivity contribution in [1.29, 1.82) is 0 Å². The van der Waals surface area contributed by atoms with Gasteiger partial charge in [-0.3, -0.25) is 0 Å². The van der Waals surface area contributed by atoms with Gasteiger partial charge in [0.25, 0.3) is 0 Å². The highest BCUT2D eigenvalue weighted by atomic mass is 14.5. The average Bonchev–Trinajstić information content (AvgIpc) is 1.91. The van der Waals surface area contributed by atoms with Gasteiger partial charge >= 0.3 is 0 Å². The largest absolute Gasteiger partial charge is 0.326 e. The van der Waals surface area contributed by atoms with Crippen molar-refractivity contribution >= 4 is 0 Å². The van der Waals surface area contributed by atoms with E-state index in [1.54, 1.807) is 6.08 Å². The number of hydrogen-bond acceptors (Lipinski definition) is 1. The molecule has 0 radical (unpaired) electrons. The predicted octanol–water partition coefficient (Wildman–Crippen LogP) is 1.63. The van der Waals surface area contributed by atoms with Crippen LogP contribution in [0, 0.1) is 0 Å². The zero-order valence-electron chi connectivity index (χ0n) is 5.80. The summed E-state index contributed by atoms with van der Waals surface area (Å²) in [5.74, 6) is 0. The third-order valence-corrected chi connectivity index (χ3v) is 1.00. The summed E-state index contributed by atoms with van der Waals surface area (Å²) in [6.07, 6.45) is 7.62. The molecule has 0 amide bonds. The molecule has 0 atom stereocenters. The van der Waals surface area contributed by atoms with Crippen molar-refractivity contribution in [1.82, 2.24) is 0 Å². The maximum absolute atomic E-state index is 5.35. The third kappa shape index (κ3) is 3.74. The first-order chi connectivity index (χ1) is 4.35. The number of nitrogens with two attached hydrogens (primary N) is 1. The minimum Gasteiger partial charge on any atom is -0.326 e. The fraction of sp³-hybridized carbons (Fsp3) is 0.250. The lowest BCUT2D eigenvalue weighted by Crippen LogP contribution is -1.99. The van der Waals surface area contributed by atoms with Gasteiger partial charge < -0.3 is 5.73 Å². The smallest absolute Gasteiger partial charge is 0.0177 e. The quantitative estimate of drug-likeness (QED) is 0.567. The van der Waals surface area contributed by atoms with E-state index in [2.05, 4.69) is 6.58 Å². The van der Waals surface area contributed by atoms with Gasteiger partial charge in [0.1, 0.15) is 0 Å². The van der Waals surface area contributed by atoms with Gasteiger partial charge in [-0.15, -0.1) is 0 Å². The Balaban J connectivity index is 3.90. The van der Waals surface area contributed by atoms with Gasteiger partial charge in [0.05, 0.1) is 0 Å². The van der Waals surface area contributed by atoms with Crippen LogP contribution in [0.1, 0.15) is 6.92 Å². The van der Waals surface area contributed by atoms with Gasteiger partial charge in [-0.1, -0.05) is 30.9 Å². The minimum absolute atomic E-state index is 0.563. The Morgan fingerprint density at radius 2 is 2.33 bits per heavy atom. The van der Waals surface area contributed by atoms with Gasteiger partial charge in [0.15, 0.2) is 0 Å². The first kappa shape index (κ1) is 8.18. The molecule has 0 unspecified atom stereocenters. The summed E-state index contributed by atoms with van der Waals surface area (Å²) in [6, 6.07) is 0. The fourth-order valence-electron chi connectivity index (χ4n) is 0.439. The van der Waals surface area contributed by atoms with Crippen molar-refractivity contribution in [2.45, 2.75) is 6.92 Å². The Morgan fingerprint density at radius 3 is 2.67 bits per heavy atom. The predicted molar refractivity (Wildman–Crippen MR) is 42.1 cm³/mol. The van der Waals surface area contributed by atoms with Crippen LogP contribution >= 0.6 is 0 Å². The molecule has 1 heteroatoms. The van der Waals surface area contributed by atoms with Crippen LogP contribution in [-0.4, -0.2) is 6.54 Å². The highest BCUT2D eigenvalue weighted by Crippen LogP contribution is 1.91. The van der Waals surface area contributed by atoms with E-state index in [4.69, 9.17) is 5.73 Å². The number of allylic oxidation sites excluding steroid dienone is 3. The van der Waals surface area contributed by atoms with E-state index in [1.165, 1.54) is 0 Å². The number of hydrogen-bond donors (Lipinski definition) is 1. The van der Waals surface area contributed by atoms with Gasteiger partial charge in [0, 0.05) is 6.54 Å². The lowest BCUT2D eigenvalue weighted by atomic mass is 10.2. The van der Waals surface area contributed by atoms with E-state index >= 15 is 0 Å². The number of rotatable bonds is 3. The second-order valence-corrected chi connectivity index (χ2v) is 1.68. The topological polar surface area (TPSA) is 26.0 Å². The van der Waals surface area contributed by atoms with Crippen LogP contribution in [0.25, 0.3) is 0 Å². The molecule has 0 aromatic rings. The molecule has 0 aliphatic heterocycles. The molecule has 0 rings (SSSR count). The molecule has 0 aromatic carbocycles. The molecule has 50 valence electrons. The zero-order valence-corrected chi connectivity index (χ0v) is 5.80. The van der Waals surface area contributed by atoms with Gasteiger partial charge in [0.2, 0.25) is 0 Å². The first-order valence-electron chi connectivity index (χ1n) is 2.99. The molecule has 9 heavy (non-hydrogen) atoms. The van der Waals surface area contributed by atoms with E-state index in [0.717, 1.165) is 5.57 Å². The molecule has 0 saturated carbocycles. The maximum Gasteiger partial charge on any atom is 0.0177 e. The van der Waals surface area contributed by atoms with Crippen molar-refractivity contribution in [2.24, 2.45) is 5.73 Å². The summed E-state index contributed by atoms with van der Waals surface area (Å²) in [6.45, 7) is 6.13. The van der Waals surface area contributed by atoms with Crippen molar-refractivity contribution in [2.75, 3.05) is 6.54 Å². The fourth-order valence-corrected chi connectivity index (χ4v) is 0.439. The van der Waals surface area contributed by atoms with Crippen molar-refractivity contribution < 1.29 is 0 Å². The highest BCUT2D eigenvalue weighted by molar-refractivity contribution is 5.22. The van der Waals surface area contributed by atoms with Crippen LogP contribution in [0.5, 0.6) is 0 Å². The summed E-state index contributed by atoms with van der Waals surface area (Å²) in [5.41, 5.74) is 6.41. The molecule has 0 heterocycles. The van der Waals surface area contributed by atoms with Gasteiger partial charge in [-0.05, 0) is 12.5 Å². The Labute approximate surface area is 56.6 Å². The van der Waals surface area contributed by atoms with E-state index < -0.39 is 0 Å². The monoisotopic (exact) mass is 123 g/mol. The zero-order chi connectivity index (χ0) is 7.11. The van der Waals surface area contributed by atoms with E-state index in [-0.39, 0.29) is 0 Å². The lowest BCUT2D eigenvalue weighted by Gasteiger charge is -1.90. The molecule has 0 spiro atoms. The lowest BCUT2D eigenvalue weighted by molar-refractivity contribution is 1.19. The Hall–Kier alpha value is -0.820. The Morgan fingerprint density at radius 1 is 1.67 bits per heavy atom. The molecule has 0 saturated heterocycles. The second-order valence-electron chi connectivity index (χ2n) is 1.68. The van der Waals surface area contributed by atoms with E-state index in [9.17, 15) is 0 Å². The van der Waals surface area contributed by atoms with Gasteiger partial charge in [-0.25, -0.2) is 0 Å². The molecule has 0 aromatic heterocycles. The Bertz CT molecular complexity index is 132. The van der Waals surface area contributed by atoms with Crippen molar-refractivity contribution in [3.63, 3.8) is 0 Å². The molecule has 0 aliphatic rings. The molecular weight excluding hydrogens is 110 g/mol. The maximum atomic E-state index is 5.35. The minimum atomic E-state index is 0.563. The normalized spacial score (nSPS) is 12.4. The summed E-state index contributed by atoms with van der Waals surface area (Å²) in [4.78, 5) is 0. The van der Waals surface area contributed by atoms with E-state index in [1.807, 2.05) is 25.2 Å². The first-order valence-corrected chi connectivity index (χ1v) is 2.99. The Kier molecular flexibility index (Phi) is 4.83. The molecular formula is C8H13N. The van der Waals surface area contributed by atoms with Crippen LogP contribution in [0.3, 0.4) is 0 Å². The van der Waals surface area contributed by atoms with Crippen molar-refractivity contribution in [3.8, 4) is 0 Å². The molecule has 0 aliphatic carbocycles. The molecule has 0 fully saturated rings. The summed E-state index contributed by atoms with van der Waals surface area (Å²) in [5, 5.41) is 0. The van der Waals surface area contributed by atoms with Gasteiger partial charge in [-0.2, -0.15) is 0 Å². The summed E-state index contributed by atoms with van der Waals surface area (Å²) >= 11 is 0. The molecule has 1 nitrogen and oxygen atoms in total. The SMILES string of the molecule is C=C/C(=C\C=C\C)CN. The molecule has 2 N–H and O–H groups in total. The van der Waals surface area contributed by atoms with Crippen LogP contribution < -0.4 is 5.73 Å². The molecule has 0 bridgehead atoms. The van der Waals surface area contributed by atoms with Crippen LogP contribution in [0.4, 0.5) is 0 Å². The summed E-state index contributed by atoms with van der Waals surface area (Å²) in [7, 11) is 0. The standard InChI is InChI=1S/C8H13N/c1-3-5-6-8(4-2)7-9/h3-6H,2,7,9H2,1H3/b5-3+,8-6+. The average molecular weight is 123 g/mol. The second kappa shape index (κ2) is 5.32. The van der Waals surface area contributed by atoms with Crippen LogP contribution in [-0.2, 0) is 0 Å².